The molecule has 2 N–H and O–H groups in total. The first-order valence-corrected chi connectivity index (χ1v) is 10.0. The van der Waals surface area contributed by atoms with Crippen molar-refractivity contribution in [2.75, 3.05) is 0 Å². The highest BCUT2D eigenvalue weighted by molar-refractivity contribution is 6.15. The first kappa shape index (κ1) is 19.8. The summed E-state index contributed by atoms with van der Waals surface area (Å²) >= 11 is 0. The Morgan fingerprint density at radius 2 is 2.10 bits per heavy atom. The number of rotatable bonds is 7. The number of carbonyl (C=O) groups is 1. The van der Waals surface area contributed by atoms with Crippen molar-refractivity contribution in [1.82, 2.24) is 20.1 Å². The molecule has 1 aromatic carbocycles. The molecule has 30 heavy (non-hydrogen) atoms. The molecule has 3 heterocycles. The van der Waals surface area contributed by atoms with Crippen LogP contribution in [0.15, 0.2) is 57.7 Å². The Kier molecular flexibility index (Phi) is 5.56. The molecule has 0 saturated heterocycles. The second kappa shape index (κ2) is 8.44. The number of pyridine rings is 1. The highest BCUT2D eigenvalue weighted by Gasteiger charge is 2.16. The van der Waals surface area contributed by atoms with E-state index in [0.717, 1.165) is 33.5 Å². The minimum absolute atomic E-state index is 0.0688. The van der Waals surface area contributed by atoms with Gasteiger partial charge in [0.25, 0.3) is 5.56 Å². The number of H-pyrrole nitrogens is 1. The lowest BCUT2D eigenvalue weighted by molar-refractivity contribution is -0.121. The van der Waals surface area contributed by atoms with Gasteiger partial charge in [-0.2, -0.15) is 15.3 Å². The van der Waals surface area contributed by atoms with Gasteiger partial charge in [0.2, 0.25) is 5.91 Å². The third kappa shape index (κ3) is 4.53. The summed E-state index contributed by atoms with van der Waals surface area (Å²) in [6.45, 7) is 4.15. The lowest BCUT2D eigenvalue weighted by Gasteiger charge is -2.10. The van der Waals surface area contributed by atoms with Crippen LogP contribution in [0.1, 0.15) is 37.8 Å². The number of hydrogen-bond donors (Lipinski definition) is 2. The van der Waals surface area contributed by atoms with E-state index in [1.807, 2.05) is 26.1 Å². The van der Waals surface area contributed by atoms with E-state index in [2.05, 4.69) is 37.8 Å². The van der Waals surface area contributed by atoms with Gasteiger partial charge in [-0.1, -0.05) is 6.07 Å². The molecule has 2 aromatic heterocycles. The average Bonchev–Trinajstić information content (AvgIpc) is 3.36. The van der Waals surface area contributed by atoms with Crippen molar-refractivity contribution in [2.45, 2.75) is 45.7 Å². The van der Waals surface area contributed by atoms with Gasteiger partial charge >= 0.3 is 0 Å². The molecule has 0 unspecified atom stereocenters. The number of amides is 1. The summed E-state index contributed by atoms with van der Waals surface area (Å²) in [7, 11) is 0. The van der Waals surface area contributed by atoms with Crippen LogP contribution in [0.25, 0.3) is 10.9 Å². The van der Waals surface area contributed by atoms with Gasteiger partial charge in [0.15, 0.2) is 0 Å². The molecule has 8 heteroatoms. The van der Waals surface area contributed by atoms with Crippen molar-refractivity contribution >= 4 is 28.2 Å². The van der Waals surface area contributed by atoms with Gasteiger partial charge in [0.1, 0.15) is 0 Å². The van der Waals surface area contributed by atoms with Crippen LogP contribution in [0, 0.1) is 0 Å². The van der Waals surface area contributed by atoms with Crippen LogP contribution in [-0.2, 0) is 17.8 Å². The van der Waals surface area contributed by atoms with Crippen LogP contribution in [0.2, 0.25) is 0 Å². The number of aromatic amines is 1. The monoisotopic (exact) mass is 404 g/mol. The molecule has 154 valence electrons. The fraction of sp³-hybridized carbons (Fsp3) is 0.318. The SMILES string of the molecule is CC(C)NC(=O)CCn1cc(C2=NN=C(Cc3ccc4[nH]ncc4c3)C2)ccc1=O. The Morgan fingerprint density at radius 1 is 1.23 bits per heavy atom. The van der Waals surface area contributed by atoms with Gasteiger partial charge in [-0.15, -0.1) is 0 Å². The minimum Gasteiger partial charge on any atom is -0.354 e. The van der Waals surface area contributed by atoms with E-state index in [9.17, 15) is 9.59 Å². The van der Waals surface area contributed by atoms with Gasteiger partial charge < -0.3 is 9.88 Å². The Labute approximate surface area is 173 Å². The molecule has 0 atom stereocenters. The molecular weight excluding hydrogens is 380 g/mol. The van der Waals surface area contributed by atoms with E-state index in [1.54, 1.807) is 16.8 Å². The average molecular weight is 404 g/mol. The third-order valence-electron chi connectivity index (χ3n) is 4.94. The van der Waals surface area contributed by atoms with E-state index in [4.69, 9.17) is 0 Å². The standard InChI is InChI=1S/C22H24N6O2/c1-14(2)24-21(29)7-8-28-13-16(4-6-22(28)30)20-11-18(25-27-20)10-15-3-5-19-17(9-15)12-23-26-19/h3-6,9,12-14H,7-8,10-11H2,1-2H3,(H,23,26)(H,24,29). The Balaban J connectivity index is 1.40. The fourth-order valence-electron chi connectivity index (χ4n) is 3.48. The maximum absolute atomic E-state index is 12.2. The molecule has 0 saturated carbocycles. The fourth-order valence-corrected chi connectivity index (χ4v) is 3.48. The van der Waals surface area contributed by atoms with Crippen LogP contribution >= 0.6 is 0 Å². The number of fused-ring (bicyclic) bond motifs is 1. The molecule has 1 aliphatic heterocycles. The lowest BCUT2D eigenvalue weighted by Crippen LogP contribution is -2.32. The van der Waals surface area contributed by atoms with E-state index >= 15 is 0 Å². The molecular formula is C22H24N6O2. The van der Waals surface area contributed by atoms with Crippen molar-refractivity contribution in [1.29, 1.82) is 0 Å². The predicted molar refractivity (Wildman–Crippen MR) is 117 cm³/mol. The summed E-state index contributed by atoms with van der Waals surface area (Å²) in [4.78, 5) is 24.1. The van der Waals surface area contributed by atoms with E-state index in [-0.39, 0.29) is 23.9 Å². The number of nitrogens with one attached hydrogen (secondary N) is 2. The first-order valence-electron chi connectivity index (χ1n) is 10.0. The smallest absolute Gasteiger partial charge is 0.250 e. The van der Waals surface area contributed by atoms with Crippen molar-refractivity contribution in [3.8, 4) is 0 Å². The lowest BCUT2D eigenvalue weighted by atomic mass is 10.0. The van der Waals surface area contributed by atoms with Crippen LogP contribution in [0.3, 0.4) is 0 Å². The highest BCUT2D eigenvalue weighted by atomic mass is 16.2. The molecule has 8 nitrogen and oxygen atoms in total. The Bertz CT molecular complexity index is 1200. The number of benzene rings is 1. The molecule has 1 aliphatic rings. The van der Waals surface area contributed by atoms with Crippen LogP contribution in [-0.4, -0.2) is 38.1 Å². The summed E-state index contributed by atoms with van der Waals surface area (Å²) < 4.78 is 1.56. The molecule has 1 amide bonds. The zero-order chi connectivity index (χ0) is 21.1. The summed E-state index contributed by atoms with van der Waals surface area (Å²) in [6, 6.07) is 9.54. The van der Waals surface area contributed by atoms with E-state index < -0.39 is 0 Å². The molecule has 0 bridgehead atoms. The van der Waals surface area contributed by atoms with E-state index in [0.29, 0.717) is 19.4 Å². The van der Waals surface area contributed by atoms with Gasteiger partial charge in [0, 0.05) is 55.1 Å². The Morgan fingerprint density at radius 3 is 2.93 bits per heavy atom. The second-order valence-electron chi connectivity index (χ2n) is 7.78. The van der Waals surface area contributed by atoms with Gasteiger partial charge in [-0.25, -0.2) is 0 Å². The summed E-state index contributed by atoms with van der Waals surface area (Å²) in [5, 5.41) is 19.6. The topological polar surface area (TPSA) is 104 Å². The van der Waals surface area contributed by atoms with Gasteiger partial charge in [-0.05, 0) is 37.6 Å². The normalized spacial score (nSPS) is 13.6. The molecule has 0 fully saturated rings. The molecule has 0 spiro atoms. The molecule has 0 aliphatic carbocycles. The van der Waals surface area contributed by atoms with Crippen molar-refractivity contribution in [3.63, 3.8) is 0 Å². The maximum atomic E-state index is 12.2. The molecule has 3 aromatic rings. The second-order valence-corrected chi connectivity index (χ2v) is 7.78. The Hall–Kier alpha value is -3.55. The van der Waals surface area contributed by atoms with E-state index in [1.165, 1.54) is 6.07 Å². The number of aromatic nitrogens is 3. The zero-order valence-electron chi connectivity index (χ0n) is 17.1. The highest BCUT2D eigenvalue weighted by Crippen LogP contribution is 2.17. The number of aryl methyl sites for hydroxylation is 1. The quantitative estimate of drug-likeness (QED) is 0.632. The summed E-state index contributed by atoms with van der Waals surface area (Å²) in [5.74, 6) is -0.0688. The van der Waals surface area contributed by atoms with Gasteiger partial charge in [0.05, 0.1) is 23.1 Å². The largest absolute Gasteiger partial charge is 0.354 e. The maximum Gasteiger partial charge on any atom is 0.250 e. The van der Waals surface area contributed by atoms with Crippen LogP contribution < -0.4 is 10.9 Å². The van der Waals surface area contributed by atoms with Crippen LogP contribution in [0.5, 0.6) is 0 Å². The first-order chi connectivity index (χ1) is 14.5. The zero-order valence-corrected chi connectivity index (χ0v) is 17.1. The van der Waals surface area contributed by atoms with Crippen LogP contribution in [0.4, 0.5) is 0 Å². The molecule has 0 radical (unpaired) electrons. The van der Waals surface area contributed by atoms with Crippen molar-refractivity contribution < 1.29 is 4.79 Å². The minimum atomic E-state index is -0.135. The van der Waals surface area contributed by atoms with Gasteiger partial charge in [-0.3, -0.25) is 14.7 Å². The molecule has 4 rings (SSSR count). The van der Waals surface area contributed by atoms with Crippen molar-refractivity contribution in [3.05, 3.63) is 64.2 Å². The third-order valence-corrected chi connectivity index (χ3v) is 4.94. The summed E-state index contributed by atoms with van der Waals surface area (Å²) in [6.07, 6.45) is 5.17. The number of hydrogen-bond acceptors (Lipinski definition) is 5. The number of carbonyl (C=O) groups excluding carboxylic acids is 1. The predicted octanol–water partition coefficient (Wildman–Crippen LogP) is 2.43. The number of nitrogens with zero attached hydrogens (tertiary/aromatic N) is 4. The summed E-state index contributed by atoms with van der Waals surface area (Å²) in [5.41, 5.74) is 4.68. The van der Waals surface area contributed by atoms with Crippen molar-refractivity contribution in [2.24, 2.45) is 10.2 Å².